The number of hydrogen-bond donors (Lipinski definition) is 1. The second-order valence-corrected chi connectivity index (χ2v) is 5.76. The van der Waals surface area contributed by atoms with E-state index in [9.17, 15) is 0 Å². The number of fused-ring (bicyclic) bond motifs is 1. The molecule has 0 amide bonds. The molecule has 20 heavy (non-hydrogen) atoms. The Hall–Kier alpha value is -1.77. The maximum absolute atomic E-state index is 5.27. The quantitative estimate of drug-likeness (QED) is 0.842. The fourth-order valence-corrected chi connectivity index (χ4v) is 2.29. The number of nitrogens with zero attached hydrogens (tertiary/aromatic N) is 1. The van der Waals surface area contributed by atoms with E-state index in [1.54, 1.807) is 7.11 Å². The molecule has 0 spiro atoms. The van der Waals surface area contributed by atoms with E-state index in [-0.39, 0.29) is 0 Å². The Balaban J connectivity index is 2.17. The van der Waals surface area contributed by atoms with Crippen molar-refractivity contribution in [3.8, 4) is 5.75 Å². The summed E-state index contributed by atoms with van der Waals surface area (Å²) in [5, 5.41) is 5.82. The molecule has 1 heterocycles. The fourth-order valence-electron chi connectivity index (χ4n) is 2.29. The number of benzene rings is 1. The number of rotatable bonds is 6. The molecule has 0 aliphatic rings. The molecule has 3 nitrogen and oxygen atoms in total. The van der Waals surface area contributed by atoms with E-state index in [1.807, 2.05) is 24.4 Å². The molecule has 1 N–H and O–H groups in total. The van der Waals surface area contributed by atoms with Gasteiger partial charge in [0.05, 0.1) is 7.11 Å². The van der Waals surface area contributed by atoms with Crippen LogP contribution in [0.1, 0.15) is 33.6 Å². The number of pyridine rings is 1. The van der Waals surface area contributed by atoms with E-state index < -0.39 is 0 Å². The van der Waals surface area contributed by atoms with Gasteiger partial charge in [0.1, 0.15) is 11.6 Å². The first kappa shape index (κ1) is 14.6. The van der Waals surface area contributed by atoms with Crippen molar-refractivity contribution in [2.45, 2.75) is 39.7 Å². The molecule has 0 saturated carbocycles. The number of methoxy groups -OCH3 is 1. The molecule has 1 atom stereocenters. The Kier molecular flexibility index (Phi) is 4.83. The summed E-state index contributed by atoms with van der Waals surface area (Å²) in [7, 11) is 1.69. The van der Waals surface area contributed by atoms with Crippen LogP contribution in [0.15, 0.2) is 30.5 Å². The Labute approximate surface area is 121 Å². The lowest BCUT2D eigenvalue weighted by molar-refractivity contribution is 0.415. The maximum Gasteiger partial charge on any atom is 0.134 e. The van der Waals surface area contributed by atoms with Crippen LogP contribution in [0.3, 0.4) is 0 Å². The highest BCUT2D eigenvalue weighted by Crippen LogP contribution is 2.26. The van der Waals surface area contributed by atoms with Crippen LogP contribution in [0.2, 0.25) is 0 Å². The van der Waals surface area contributed by atoms with Gasteiger partial charge in [-0.05, 0) is 55.3 Å². The minimum absolute atomic E-state index is 0.428. The van der Waals surface area contributed by atoms with Gasteiger partial charge >= 0.3 is 0 Å². The molecule has 0 aliphatic heterocycles. The second kappa shape index (κ2) is 6.60. The van der Waals surface area contributed by atoms with Crippen molar-refractivity contribution in [1.82, 2.24) is 4.98 Å². The Morgan fingerprint density at radius 3 is 2.65 bits per heavy atom. The van der Waals surface area contributed by atoms with E-state index in [2.05, 4.69) is 37.1 Å². The summed E-state index contributed by atoms with van der Waals surface area (Å²) in [4.78, 5) is 4.48. The molecular formula is C17H24N2O. The van der Waals surface area contributed by atoms with Crippen LogP contribution < -0.4 is 10.1 Å². The average Bonchev–Trinajstić information content (AvgIpc) is 2.45. The minimum atomic E-state index is 0.428. The largest absolute Gasteiger partial charge is 0.497 e. The van der Waals surface area contributed by atoms with E-state index in [1.165, 1.54) is 6.42 Å². The molecule has 108 valence electrons. The first-order valence-electron chi connectivity index (χ1n) is 7.29. The molecule has 2 aromatic rings. The van der Waals surface area contributed by atoms with Crippen LogP contribution in [0.4, 0.5) is 5.82 Å². The highest BCUT2D eigenvalue weighted by Gasteiger charge is 2.08. The van der Waals surface area contributed by atoms with E-state index in [4.69, 9.17) is 4.74 Å². The van der Waals surface area contributed by atoms with Gasteiger partial charge in [-0.2, -0.15) is 0 Å². The van der Waals surface area contributed by atoms with Crippen LogP contribution in [0, 0.1) is 5.92 Å². The van der Waals surface area contributed by atoms with Crippen molar-refractivity contribution in [3.05, 3.63) is 30.5 Å². The zero-order chi connectivity index (χ0) is 14.5. The Morgan fingerprint density at radius 2 is 1.95 bits per heavy atom. The Bertz CT molecular complexity index is 566. The number of nitrogens with one attached hydrogen (secondary N) is 1. The first-order chi connectivity index (χ1) is 9.60. The smallest absolute Gasteiger partial charge is 0.134 e. The molecule has 3 heteroatoms. The molecule has 0 aliphatic carbocycles. The van der Waals surface area contributed by atoms with Crippen LogP contribution in [0.5, 0.6) is 5.75 Å². The topological polar surface area (TPSA) is 34.1 Å². The van der Waals surface area contributed by atoms with Gasteiger partial charge in [0.15, 0.2) is 0 Å². The lowest BCUT2D eigenvalue weighted by Crippen LogP contribution is -2.16. The van der Waals surface area contributed by atoms with Gasteiger partial charge in [0.2, 0.25) is 0 Å². The molecule has 0 bridgehead atoms. The first-order valence-corrected chi connectivity index (χ1v) is 7.29. The summed E-state index contributed by atoms with van der Waals surface area (Å²) >= 11 is 0. The van der Waals surface area contributed by atoms with Gasteiger partial charge < -0.3 is 10.1 Å². The maximum atomic E-state index is 5.27. The van der Waals surface area contributed by atoms with Crippen molar-refractivity contribution in [3.63, 3.8) is 0 Å². The normalized spacial score (nSPS) is 12.7. The molecule has 2 rings (SSSR count). The number of hydrogen-bond acceptors (Lipinski definition) is 3. The molecule has 0 saturated heterocycles. The van der Waals surface area contributed by atoms with Gasteiger partial charge in [-0.1, -0.05) is 13.8 Å². The van der Waals surface area contributed by atoms with Crippen molar-refractivity contribution in [2.24, 2.45) is 5.92 Å². The minimum Gasteiger partial charge on any atom is -0.497 e. The zero-order valence-electron chi connectivity index (χ0n) is 12.8. The fraction of sp³-hybridized carbons (Fsp3) is 0.471. The third-order valence-electron chi connectivity index (χ3n) is 3.53. The van der Waals surface area contributed by atoms with E-state index in [0.29, 0.717) is 6.04 Å². The summed E-state index contributed by atoms with van der Waals surface area (Å²) in [6, 6.07) is 8.53. The van der Waals surface area contributed by atoms with Crippen molar-refractivity contribution in [1.29, 1.82) is 0 Å². The molecule has 1 aromatic carbocycles. The third-order valence-corrected chi connectivity index (χ3v) is 3.53. The van der Waals surface area contributed by atoms with Crippen molar-refractivity contribution >= 4 is 16.6 Å². The molecule has 1 aromatic heterocycles. The Morgan fingerprint density at radius 1 is 1.15 bits per heavy atom. The van der Waals surface area contributed by atoms with Gasteiger partial charge in [0, 0.05) is 17.6 Å². The summed E-state index contributed by atoms with van der Waals surface area (Å²) in [6.07, 6.45) is 4.23. The predicted octanol–water partition coefficient (Wildman–Crippen LogP) is 4.48. The SMILES string of the molecule is COc1ccc2c(NC(C)CCC(C)C)nccc2c1. The van der Waals surface area contributed by atoms with Crippen LogP contribution in [0.25, 0.3) is 10.8 Å². The van der Waals surface area contributed by atoms with E-state index in [0.717, 1.165) is 34.7 Å². The van der Waals surface area contributed by atoms with Gasteiger partial charge in [0.25, 0.3) is 0 Å². The molecule has 1 unspecified atom stereocenters. The summed E-state index contributed by atoms with van der Waals surface area (Å²) < 4.78 is 5.27. The van der Waals surface area contributed by atoms with Gasteiger partial charge in [-0.25, -0.2) is 4.98 Å². The predicted molar refractivity (Wildman–Crippen MR) is 85.5 cm³/mol. The average molecular weight is 272 g/mol. The lowest BCUT2D eigenvalue weighted by atomic mass is 10.0. The summed E-state index contributed by atoms with van der Waals surface area (Å²) in [6.45, 7) is 6.73. The monoisotopic (exact) mass is 272 g/mol. The second-order valence-electron chi connectivity index (χ2n) is 5.76. The highest BCUT2D eigenvalue weighted by atomic mass is 16.5. The summed E-state index contributed by atoms with van der Waals surface area (Å²) in [5.41, 5.74) is 0. The zero-order valence-corrected chi connectivity index (χ0v) is 12.8. The van der Waals surface area contributed by atoms with E-state index >= 15 is 0 Å². The van der Waals surface area contributed by atoms with Gasteiger partial charge in [-0.15, -0.1) is 0 Å². The third kappa shape index (κ3) is 3.62. The van der Waals surface area contributed by atoms with Crippen molar-refractivity contribution in [2.75, 3.05) is 12.4 Å². The number of aromatic nitrogens is 1. The lowest BCUT2D eigenvalue weighted by Gasteiger charge is -2.17. The van der Waals surface area contributed by atoms with Gasteiger partial charge in [-0.3, -0.25) is 0 Å². The van der Waals surface area contributed by atoms with Crippen LogP contribution >= 0.6 is 0 Å². The molecular weight excluding hydrogens is 248 g/mol. The summed E-state index contributed by atoms with van der Waals surface area (Å²) in [5.74, 6) is 2.58. The van der Waals surface area contributed by atoms with Crippen LogP contribution in [-0.2, 0) is 0 Å². The van der Waals surface area contributed by atoms with Crippen molar-refractivity contribution < 1.29 is 4.74 Å². The molecule has 0 fully saturated rings. The highest BCUT2D eigenvalue weighted by molar-refractivity contribution is 5.92. The number of ether oxygens (including phenoxy) is 1. The number of anilines is 1. The van der Waals surface area contributed by atoms with Crippen LogP contribution in [-0.4, -0.2) is 18.1 Å². The molecule has 0 radical (unpaired) electrons. The standard InChI is InChI=1S/C17H24N2O/c1-12(2)5-6-13(3)19-17-16-8-7-15(20-4)11-14(16)9-10-18-17/h7-13H,5-6H2,1-4H3,(H,18,19).